The fourth-order valence-corrected chi connectivity index (χ4v) is 5.68. The second-order valence-electron chi connectivity index (χ2n) is 10.1. The highest BCUT2D eigenvalue weighted by atomic mass is 32.2. The Balaban J connectivity index is 2.03. The average molecular weight is 602 g/mol. The summed E-state index contributed by atoms with van der Waals surface area (Å²) in [6, 6.07) is 15.1. The van der Waals surface area contributed by atoms with E-state index in [0.717, 1.165) is 16.4 Å². The van der Waals surface area contributed by atoms with Gasteiger partial charge in [0.25, 0.3) is 10.0 Å². The predicted octanol–water partition coefficient (Wildman–Crippen LogP) is 5.14. The van der Waals surface area contributed by atoms with Crippen molar-refractivity contribution in [2.45, 2.75) is 51.6 Å². The minimum atomic E-state index is -4.32. The number of carbonyl (C=O) groups excluding carboxylic acids is 2. The molecule has 8 nitrogen and oxygen atoms in total. The first kappa shape index (κ1) is 32.5. The lowest BCUT2D eigenvalue weighted by molar-refractivity contribution is -0.140. The Kier molecular flexibility index (Phi) is 11.4. The van der Waals surface area contributed by atoms with Crippen molar-refractivity contribution in [3.8, 4) is 5.75 Å². The monoisotopic (exact) mass is 601 g/mol. The molecule has 226 valence electrons. The Morgan fingerprint density at radius 1 is 0.881 bits per heavy atom. The van der Waals surface area contributed by atoms with Crippen LogP contribution in [0.1, 0.15) is 39.7 Å². The smallest absolute Gasteiger partial charge is 0.264 e. The molecule has 0 bridgehead atoms. The Hall–Kier alpha value is -3.99. The van der Waals surface area contributed by atoms with Gasteiger partial charge in [-0.15, -0.1) is 0 Å². The van der Waals surface area contributed by atoms with Crippen LogP contribution in [0.15, 0.2) is 77.7 Å². The van der Waals surface area contributed by atoms with Crippen LogP contribution in [-0.4, -0.2) is 50.9 Å². The molecule has 0 aliphatic heterocycles. The lowest BCUT2D eigenvalue weighted by Gasteiger charge is -2.33. The van der Waals surface area contributed by atoms with Crippen LogP contribution >= 0.6 is 0 Å². The van der Waals surface area contributed by atoms with Crippen molar-refractivity contribution in [1.29, 1.82) is 0 Å². The normalized spacial score (nSPS) is 12.1. The number of carbonyl (C=O) groups is 2. The number of sulfonamides is 1. The van der Waals surface area contributed by atoms with Gasteiger partial charge in [-0.25, -0.2) is 17.2 Å². The summed E-state index contributed by atoms with van der Waals surface area (Å²) in [4.78, 5) is 28.4. The van der Waals surface area contributed by atoms with E-state index in [0.29, 0.717) is 24.5 Å². The van der Waals surface area contributed by atoms with E-state index in [1.807, 2.05) is 13.8 Å². The summed E-state index contributed by atoms with van der Waals surface area (Å²) >= 11 is 0. The maximum absolute atomic E-state index is 14.0. The van der Waals surface area contributed by atoms with Crippen LogP contribution in [0.25, 0.3) is 0 Å². The van der Waals surface area contributed by atoms with Gasteiger partial charge in [0.1, 0.15) is 30.0 Å². The van der Waals surface area contributed by atoms with Crippen molar-refractivity contribution >= 4 is 27.5 Å². The van der Waals surface area contributed by atoms with Gasteiger partial charge >= 0.3 is 0 Å². The molecule has 1 atom stereocenters. The first-order valence-corrected chi connectivity index (χ1v) is 15.2. The van der Waals surface area contributed by atoms with E-state index in [-0.39, 0.29) is 35.4 Å². The highest BCUT2D eigenvalue weighted by Gasteiger charge is 2.33. The van der Waals surface area contributed by atoms with E-state index < -0.39 is 40.2 Å². The third-order valence-corrected chi connectivity index (χ3v) is 8.24. The second kappa shape index (κ2) is 14.8. The van der Waals surface area contributed by atoms with Crippen LogP contribution in [0.5, 0.6) is 5.75 Å². The lowest BCUT2D eigenvalue weighted by atomic mass is 10.1. The zero-order valence-corrected chi connectivity index (χ0v) is 25.0. The zero-order valence-electron chi connectivity index (χ0n) is 24.2. The summed E-state index contributed by atoms with van der Waals surface area (Å²) in [5, 5.41) is 2.85. The van der Waals surface area contributed by atoms with Crippen molar-refractivity contribution in [1.82, 2.24) is 10.2 Å². The fourth-order valence-electron chi connectivity index (χ4n) is 4.27. The van der Waals surface area contributed by atoms with Crippen molar-refractivity contribution in [2.75, 3.05) is 24.0 Å². The Labute approximate surface area is 246 Å². The minimum Gasteiger partial charge on any atom is -0.494 e. The second-order valence-corrected chi connectivity index (χ2v) is 12.0. The van der Waals surface area contributed by atoms with E-state index >= 15 is 0 Å². The SMILES string of the molecule is CCOc1ccc(S(=O)(=O)N(CC(=O)N(Cc2ccc(F)cc2)[C@H](CC)C(=O)NCC(C)C)c2ccc(F)cc2)cc1. The highest BCUT2D eigenvalue weighted by Crippen LogP contribution is 2.26. The Morgan fingerprint density at radius 3 is 1.98 bits per heavy atom. The molecule has 0 fully saturated rings. The molecule has 3 aromatic rings. The third kappa shape index (κ3) is 8.51. The number of rotatable bonds is 14. The van der Waals surface area contributed by atoms with Crippen LogP contribution < -0.4 is 14.4 Å². The number of hydrogen-bond acceptors (Lipinski definition) is 5. The minimum absolute atomic E-state index is 0.0624. The van der Waals surface area contributed by atoms with Gasteiger partial charge in [-0.3, -0.25) is 13.9 Å². The van der Waals surface area contributed by atoms with E-state index in [1.165, 1.54) is 65.6 Å². The summed E-state index contributed by atoms with van der Waals surface area (Å²) in [6.45, 7) is 7.49. The number of nitrogens with one attached hydrogen (secondary N) is 1. The van der Waals surface area contributed by atoms with Crippen molar-refractivity contribution in [2.24, 2.45) is 5.92 Å². The Bertz CT molecular complexity index is 1430. The van der Waals surface area contributed by atoms with Crippen LogP contribution in [0.3, 0.4) is 0 Å². The van der Waals surface area contributed by atoms with Gasteiger partial charge in [0.05, 0.1) is 17.2 Å². The maximum Gasteiger partial charge on any atom is 0.264 e. The van der Waals surface area contributed by atoms with Gasteiger partial charge in [0.15, 0.2) is 0 Å². The van der Waals surface area contributed by atoms with E-state index in [9.17, 15) is 26.8 Å². The van der Waals surface area contributed by atoms with Crippen molar-refractivity contribution in [3.63, 3.8) is 0 Å². The van der Waals surface area contributed by atoms with Gasteiger partial charge in [-0.05, 0) is 85.5 Å². The standard InChI is InChI=1S/C31H37F2N3O5S/c1-5-29(31(38)34-19-22(3)4)35(20-23-7-9-24(32)10-8-23)30(37)21-36(26-13-11-25(33)12-14-26)42(39,40)28-17-15-27(16-18-28)41-6-2/h7-18,22,29H,5-6,19-21H2,1-4H3,(H,34,38)/t29-/m1/s1. The molecule has 42 heavy (non-hydrogen) atoms. The average Bonchev–Trinajstić information content (AvgIpc) is 2.96. The molecule has 1 N–H and O–H groups in total. The van der Waals surface area contributed by atoms with Gasteiger partial charge in [-0.2, -0.15) is 0 Å². The Morgan fingerprint density at radius 2 is 1.45 bits per heavy atom. The molecule has 0 radical (unpaired) electrons. The van der Waals surface area contributed by atoms with E-state index in [1.54, 1.807) is 13.8 Å². The third-order valence-electron chi connectivity index (χ3n) is 6.45. The quantitative estimate of drug-likeness (QED) is 0.276. The van der Waals surface area contributed by atoms with Crippen LogP contribution in [-0.2, 0) is 26.2 Å². The first-order chi connectivity index (χ1) is 20.0. The van der Waals surface area contributed by atoms with Gasteiger partial charge < -0.3 is 15.0 Å². The summed E-state index contributed by atoms with van der Waals surface area (Å²) in [5.74, 6) is -1.43. The molecular weight excluding hydrogens is 564 g/mol. The van der Waals surface area contributed by atoms with E-state index in [2.05, 4.69) is 5.32 Å². The number of halogens is 2. The first-order valence-electron chi connectivity index (χ1n) is 13.8. The molecule has 0 aliphatic rings. The summed E-state index contributed by atoms with van der Waals surface area (Å²) < 4.78 is 61.5. The summed E-state index contributed by atoms with van der Waals surface area (Å²) in [6.07, 6.45) is 0.249. The number of anilines is 1. The molecule has 0 saturated carbocycles. The molecule has 3 aromatic carbocycles. The van der Waals surface area contributed by atoms with Crippen molar-refractivity contribution in [3.05, 3.63) is 90.0 Å². The number of amides is 2. The van der Waals surface area contributed by atoms with Gasteiger partial charge in [-0.1, -0.05) is 32.9 Å². The molecule has 0 aliphatic carbocycles. The molecule has 11 heteroatoms. The summed E-state index contributed by atoms with van der Waals surface area (Å²) in [5.41, 5.74) is 0.625. The number of benzene rings is 3. The number of ether oxygens (including phenoxy) is 1. The molecule has 0 spiro atoms. The van der Waals surface area contributed by atoms with Crippen LogP contribution in [0.2, 0.25) is 0 Å². The molecule has 0 saturated heterocycles. The topological polar surface area (TPSA) is 96.0 Å². The molecule has 0 aromatic heterocycles. The lowest BCUT2D eigenvalue weighted by Crippen LogP contribution is -2.52. The molecule has 2 amide bonds. The fraction of sp³-hybridized carbons (Fsp3) is 0.355. The van der Waals surface area contributed by atoms with Crippen molar-refractivity contribution < 1.29 is 31.5 Å². The van der Waals surface area contributed by atoms with Crippen LogP contribution in [0, 0.1) is 17.6 Å². The zero-order chi connectivity index (χ0) is 30.9. The van der Waals surface area contributed by atoms with Gasteiger partial charge in [0.2, 0.25) is 11.8 Å². The molecule has 0 unspecified atom stereocenters. The van der Waals surface area contributed by atoms with Gasteiger partial charge in [0, 0.05) is 13.1 Å². The van der Waals surface area contributed by atoms with Crippen LogP contribution in [0.4, 0.5) is 14.5 Å². The predicted molar refractivity (Wildman–Crippen MR) is 157 cm³/mol. The number of nitrogens with zero attached hydrogens (tertiary/aromatic N) is 2. The largest absolute Gasteiger partial charge is 0.494 e. The molecular formula is C31H37F2N3O5S. The summed E-state index contributed by atoms with van der Waals surface area (Å²) in [7, 11) is -4.32. The molecule has 3 rings (SSSR count). The maximum atomic E-state index is 14.0. The molecule has 0 heterocycles. The number of hydrogen-bond donors (Lipinski definition) is 1. The van der Waals surface area contributed by atoms with E-state index in [4.69, 9.17) is 4.74 Å². The highest BCUT2D eigenvalue weighted by molar-refractivity contribution is 7.92.